The average Bonchev–Trinajstić information content (AvgIpc) is 3.10. The first-order valence-corrected chi connectivity index (χ1v) is 17.7. The van der Waals surface area contributed by atoms with Gasteiger partial charge in [-0.15, -0.1) is 0 Å². The molecule has 1 fully saturated rings. The Kier molecular flexibility index (Phi) is 12.8. The van der Waals surface area contributed by atoms with Crippen LogP contribution in [0.4, 0.5) is 19.1 Å². The van der Waals surface area contributed by atoms with Gasteiger partial charge < -0.3 is 30.3 Å². The van der Waals surface area contributed by atoms with E-state index in [1.165, 1.54) is 4.90 Å². The van der Waals surface area contributed by atoms with Crippen molar-refractivity contribution in [3.05, 3.63) is 70.0 Å². The molecule has 2 aromatic carbocycles. The second-order valence-corrected chi connectivity index (χ2v) is 14.2. The molecule has 0 unspecified atom stereocenters. The van der Waals surface area contributed by atoms with Crippen molar-refractivity contribution in [3.8, 4) is 11.8 Å². The number of ether oxygens (including phenoxy) is 2. The summed E-state index contributed by atoms with van der Waals surface area (Å²) in [7, 11) is 0. The van der Waals surface area contributed by atoms with Gasteiger partial charge in [-0.3, -0.25) is 14.4 Å². The topological polar surface area (TPSA) is 148 Å². The van der Waals surface area contributed by atoms with Gasteiger partial charge in [-0.05, 0) is 60.1 Å². The minimum Gasteiger partial charge on any atom is -0.492 e. The number of amides is 3. The molecule has 0 spiro atoms. The summed E-state index contributed by atoms with van der Waals surface area (Å²) in [6.07, 6.45) is 0.765. The second kappa shape index (κ2) is 17.2. The Labute approximate surface area is 305 Å². The number of benzene rings is 2. The van der Waals surface area contributed by atoms with Gasteiger partial charge in [-0.2, -0.15) is 28.1 Å². The highest BCUT2D eigenvalue weighted by atomic mass is 35.5. The molecule has 280 valence electrons. The van der Waals surface area contributed by atoms with Crippen LogP contribution >= 0.6 is 11.6 Å². The van der Waals surface area contributed by atoms with Crippen molar-refractivity contribution in [1.82, 2.24) is 30.5 Å². The third-order valence-corrected chi connectivity index (χ3v) is 8.94. The molecule has 12 nitrogen and oxygen atoms in total. The zero-order valence-corrected chi connectivity index (χ0v) is 29.9. The van der Waals surface area contributed by atoms with Crippen LogP contribution in [-0.2, 0) is 22.6 Å². The Morgan fingerprint density at radius 2 is 1.75 bits per heavy atom. The van der Waals surface area contributed by atoms with Crippen molar-refractivity contribution in [2.24, 2.45) is 5.41 Å². The normalized spacial score (nSPS) is 17.7. The van der Waals surface area contributed by atoms with Crippen molar-refractivity contribution >= 4 is 35.3 Å². The van der Waals surface area contributed by atoms with Crippen LogP contribution in [0.25, 0.3) is 0 Å². The Balaban J connectivity index is 1.36. The van der Waals surface area contributed by atoms with E-state index in [1.807, 2.05) is 13.8 Å². The van der Waals surface area contributed by atoms with Crippen molar-refractivity contribution in [2.75, 3.05) is 38.2 Å². The summed E-state index contributed by atoms with van der Waals surface area (Å²) in [6.45, 7) is 3.25. The van der Waals surface area contributed by atoms with Gasteiger partial charge in [0.25, 0.3) is 5.91 Å². The van der Waals surface area contributed by atoms with E-state index in [1.54, 1.807) is 42.5 Å². The molecule has 8 rings (SSSR count). The summed E-state index contributed by atoms with van der Waals surface area (Å²) in [4.78, 5) is 53.7. The van der Waals surface area contributed by atoms with Crippen LogP contribution in [0.15, 0.2) is 42.5 Å². The Morgan fingerprint density at radius 3 is 2.46 bits per heavy atom. The number of rotatable bonds is 3. The number of carbonyl (C=O) groups excluding carboxylic acids is 3. The first kappa shape index (κ1) is 38.6. The van der Waals surface area contributed by atoms with Crippen LogP contribution in [0.2, 0.25) is 5.02 Å². The monoisotopic (exact) mass is 745 g/mol. The van der Waals surface area contributed by atoms with E-state index in [2.05, 4.69) is 30.9 Å². The van der Waals surface area contributed by atoms with Crippen molar-refractivity contribution < 1.29 is 37.0 Å². The molecule has 5 heterocycles. The third-order valence-electron chi connectivity index (χ3n) is 8.65. The molecule has 52 heavy (non-hydrogen) atoms. The minimum atomic E-state index is -4.59. The maximum atomic E-state index is 13.5. The zero-order chi connectivity index (χ0) is 37.3. The lowest BCUT2D eigenvalue weighted by Crippen LogP contribution is -2.51. The molecular weight excluding hydrogens is 703 g/mol. The van der Waals surface area contributed by atoms with Crippen LogP contribution in [0, 0.1) is 5.41 Å². The number of hydrogen-bond donors (Lipinski definition) is 3. The molecule has 4 aliphatic heterocycles. The molecule has 16 heteroatoms. The highest BCUT2D eigenvalue weighted by Crippen LogP contribution is 2.27. The van der Waals surface area contributed by atoms with E-state index in [4.69, 9.17) is 21.1 Å². The van der Waals surface area contributed by atoms with E-state index in [9.17, 15) is 27.6 Å². The standard InChI is InChI=1S/C36H43ClF3N7O5/c1-35(2)20-42-30(48)25-12-9-23(10-13-25)18-29-44-33(46-34(45-29)52-22-36(38,39)40)41-19-24-11-14-28(27(37)17-24)51-16-6-15-47(21-35)32(50)31(49)43-26-7-4-3-5-8-26/h9-14,17,26H,3-8,15-16,18-22H2,1-2H3,(H,42,48)(H,43,49)(H,41,44,45,46). The lowest BCUT2D eigenvalue weighted by atomic mass is 9.92. The van der Waals surface area contributed by atoms with Gasteiger partial charge in [0.1, 0.15) is 11.6 Å². The van der Waals surface area contributed by atoms with Crippen molar-refractivity contribution in [2.45, 2.75) is 77.6 Å². The number of aromatic nitrogens is 3. The lowest BCUT2D eigenvalue weighted by molar-refractivity contribution is -0.154. The average molecular weight is 746 g/mol. The minimum absolute atomic E-state index is 0.00165. The predicted octanol–water partition coefficient (Wildman–Crippen LogP) is 5.49. The molecular formula is C36H43ClF3N7O5. The summed E-state index contributed by atoms with van der Waals surface area (Å²) in [5.41, 5.74) is 1.17. The number of alkyl halides is 3. The van der Waals surface area contributed by atoms with Crippen LogP contribution in [0.5, 0.6) is 11.8 Å². The quantitative estimate of drug-likeness (QED) is 0.297. The maximum Gasteiger partial charge on any atom is 0.422 e. The van der Waals surface area contributed by atoms with Gasteiger partial charge in [0.2, 0.25) is 5.95 Å². The smallest absolute Gasteiger partial charge is 0.422 e. The molecule has 0 atom stereocenters. The van der Waals surface area contributed by atoms with E-state index in [-0.39, 0.29) is 62.9 Å². The molecule has 1 aromatic heterocycles. The molecule has 3 aromatic rings. The summed E-state index contributed by atoms with van der Waals surface area (Å²) >= 11 is 6.53. The van der Waals surface area contributed by atoms with E-state index in [0.29, 0.717) is 33.9 Å². The largest absolute Gasteiger partial charge is 0.492 e. The predicted molar refractivity (Wildman–Crippen MR) is 187 cm³/mol. The van der Waals surface area contributed by atoms with Crippen molar-refractivity contribution in [3.63, 3.8) is 0 Å². The Morgan fingerprint density at radius 1 is 1.02 bits per heavy atom. The number of anilines is 1. The maximum absolute atomic E-state index is 13.5. The SMILES string of the molecule is CC1(C)CNC(=O)c2ccc(cc2)Cc2nc(nc(OCC(F)(F)F)n2)NCc2ccc(c(Cl)c2)OCCCN(C(=O)C(=O)NC2CCCCC2)C1. The third kappa shape index (κ3) is 11.7. The highest BCUT2D eigenvalue weighted by molar-refractivity contribution is 6.35. The van der Waals surface area contributed by atoms with Gasteiger partial charge >= 0.3 is 24.0 Å². The van der Waals surface area contributed by atoms with Crippen LogP contribution in [0.3, 0.4) is 0 Å². The van der Waals surface area contributed by atoms with Crippen LogP contribution in [-0.4, -0.2) is 82.6 Å². The fourth-order valence-electron chi connectivity index (χ4n) is 6.00. The van der Waals surface area contributed by atoms with Crippen LogP contribution in [0.1, 0.15) is 79.7 Å². The summed E-state index contributed by atoms with van der Waals surface area (Å²) < 4.78 is 49.5. The highest BCUT2D eigenvalue weighted by Gasteiger charge is 2.31. The fraction of sp³-hybridized carbons (Fsp3) is 0.500. The fourth-order valence-corrected chi connectivity index (χ4v) is 6.26. The summed E-state index contributed by atoms with van der Waals surface area (Å²) in [5.74, 6) is -1.04. The Bertz CT molecular complexity index is 1720. The molecule has 3 amide bonds. The van der Waals surface area contributed by atoms with Gasteiger partial charge in [0, 0.05) is 44.2 Å². The number of nitrogens with one attached hydrogen (secondary N) is 3. The molecule has 0 radical (unpaired) electrons. The number of hydrogen-bond acceptors (Lipinski definition) is 9. The van der Waals surface area contributed by atoms with E-state index < -0.39 is 36.0 Å². The molecule has 0 saturated heterocycles. The van der Waals surface area contributed by atoms with Gasteiger partial charge in [0.05, 0.1) is 11.6 Å². The summed E-state index contributed by atoms with van der Waals surface area (Å²) in [5, 5.41) is 9.15. The first-order chi connectivity index (χ1) is 24.7. The first-order valence-electron chi connectivity index (χ1n) is 17.3. The molecule has 5 aliphatic rings. The number of nitrogens with zero attached hydrogens (tertiary/aromatic N) is 4. The van der Waals surface area contributed by atoms with Crippen LogP contribution < -0.4 is 25.4 Å². The molecule has 1 saturated carbocycles. The van der Waals surface area contributed by atoms with E-state index in [0.717, 1.165) is 32.1 Å². The number of halogens is 4. The molecule has 6 bridgehead atoms. The lowest BCUT2D eigenvalue weighted by Gasteiger charge is -2.33. The number of carbonyl (C=O) groups is 3. The van der Waals surface area contributed by atoms with Crippen molar-refractivity contribution in [1.29, 1.82) is 0 Å². The van der Waals surface area contributed by atoms with Gasteiger partial charge in [0.15, 0.2) is 6.61 Å². The molecule has 1 aliphatic carbocycles. The second-order valence-electron chi connectivity index (χ2n) is 13.8. The zero-order valence-electron chi connectivity index (χ0n) is 29.2. The Hall–Kier alpha value is -4.66. The van der Waals surface area contributed by atoms with Gasteiger partial charge in [-0.1, -0.05) is 62.9 Å². The summed E-state index contributed by atoms with van der Waals surface area (Å²) in [6, 6.07) is 11.3. The van der Waals surface area contributed by atoms with E-state index >= 15 is 0 Å². The molecule has 3 N–H and O–H groups in total. The van der Waals surface area contributed by atoms with Gasteiger partial charge in [-0.25, -0.2) is 0 Å².